The zero-order valence-corrected chi connectivity index (χ0v) is 10.3. The number of nitrogens with zero attached hydrogens (tertiary/aromatic N) is 1. The Hall–Kier alpha value is -0.0900. The number of amides is 1. The van der Waals surface area contributed by atoms with Crippen molar-refractivity contribution >= 4 is 21.8 Å². The van der Waals surface area contributed by atoms with Crippen LogP contribution in [-0.4, -0.2) is 41.8 Å². The predicted molar refractivity (Wildman–Crippen MR) is 61.7 cm³/mol. The van der Waals surface area contributed by atoms with Gasteiger partial charge in [-0.1, -0.05) is 22.9 Å². The van der Waals surface area contributed by atoms with Crippen molar-refractivity contribution in [2.75, 3.05) is 25.0 Å². The highest BCUT2D eigenvalue weighted by atomic mass is 79.9. The van der Waals surface area contributed by atoms with Gasteiger partial charge in [0.05, 0.1) is 5.33 Å². The van der Waals surface area contributed by atoms with Gasteiger partial charge in [-0.05, 0) is 25.8 Å². The highest BCUT2D eigenvalue weighted by Crippen LogP contribution is 2.10. The van der Waals surface area contributed by atoms with Crippen molar-refractivity contribution in [1.82, 2.24) is 10.2 Å². The van der Waals surface area contributed by atoms with E-state index in [1.165, 1.54) is 13.0 Å². The Labute approximate surface area is 94.4 Å². The molecule has 0 bridgehead atoms. The summed E-state index contributed by atoms with van der Waals surface area (Å²) in [5.74, 6) is 0.110. The molecule has 1 saturated heterocycles. The van der Waals surface area contributed by atoms with Crippen molar-refractivity contribution in [2.45, 2.75) is 32.2 Å². The molecule has 1 rings (SSSR count). The van der Waals surface area contributed by atoms with E-state index in [9.17, 15) is 4.79 Å². The topological polar surface area (TPSA) is 32.3 Å². The second kappa shape index (κ2) is 6.40. The lowest BCUT2D eigenvalue weighted by Gasteiger charge is -2.31. The molecule has 4 heteroatoms. The van der Waals surface area contributed by atoms with Crippen molar-refractivity contribution in [1.29, 1.82) is 0 Å². The van der Waals surface area contributed by atoms with Gasteiger partial charge in [-0.2, -0.15) is 0 Å². The summed E-state index contributed by atoms with van der Waals surface area (Å²) in [4.78, 5) is 13.6. The maximum absolute atomic E-state index is 11.1. The predicted octanol–water partition coefficient (Wildman–Crippen LogP) is 1.37. The molecule has 1 amide bonds. The average molecular weight is 263 g/mol. The molecule has 14 heavy (non-hydrogen) atoms. The molecule has 1 heterocycles. The van der Waals surface area contributed by atoms with E-state index in [4.69, 9.17) is 0 Å². The molecule has 0 atom stereocenters. The van der Waals surface area contributed by atoms with Gasteiger partial charge in [0.15, 0.2) is 0 Å². The first kappa shape index (κ1) is 12.0. The van der Waals surface area contributed by atoms with Gasteiger partial charge in [0.25, 0.3) is 0 Å². The van der Waals surface area contributed by atoms with Gasteiger partial charge in [0, 0.05) is 19.1 Å². The third-order valence-corrected chi connectivity index (χ3v) is 3.12. The van der Waals surface area contributed by atoms with Crippen LogP contribution in [0.5, 0.6) is 0 Å². The molecule has 1 aliphatic heterocycles. The Morgan fingerprint density at radius 3 is 2.64 bits per heavy atom. The fourth-order valence-corrected chi connectivity index (χ4v) is 2.05. The summed E-state index contributed by atoms with van der Waals surface area (Å²) in [6.07, 6.45) is 3.41. The normalized spacial score (nSPS) is 19.6. The number of alkyl halides is 1. The molecule has 1 aliphatic rings. The van der Waals surface area contributed by atoms with E-state index in [0.29, 0.717) is 11.4 Å². The van der Waals surface area contributed by atoms with Gasteiger partial charge in [0.1, 0.15) is 0 Å². The monoisotopic (exact) mass is 262 g/mol. The molecular formula is C10H19BrN2O. The number of piperidine rings is 1. The first-order valence-corrected chi connectivity index (χ1v) is 6.46. The van der Waals surface area contributed by atoms with E-state index < -0.39 is 0 Å². The van der Waals surface area contributed by atoms with Gasteiger partial charge in [0.2, 0.25) is 5.91 Å². The van der Waals surface area contributed by atoms with Crippen LogP contribution in [0.1, 0.15) is 26.2 Å². The molecule has 0 aliphatic carbocycles. The molecule has 0 unspecified atom stereocenters. The molecule has 82 valence electrons. The van der Waals surface area contributed by atoms with Gasteiger partial charge >= 0.3 is 0 Å². The lowest BCUT2D eigenvalue weighted by atomic mass is 10.1. The van der Waals surface area contributed by atoms with Crippen LogP contribution in [0.15, 0.2) is 0 Å². The number of likely N-dealkylation sites (tertiary alicyclic amines) is 1. The van der Waals surface area contributed by atoms with Crippen LogP contribution in [0.2, 0.25) is 0 Å². The highest BCUT2D eigenvalue weighted by molar-refractivity contribution is 9.09. The van der Waals surface area contributed by atoms with E-state index in [1.54, 1.807) is 0 Å². The number of carbonyl (C=O) groups is 1. The highest BCUT2D eigenvalue weighted by Gasteiger charge is 2.19. The first-order valence-electron chi connectivity index (χ1n) is 5.34. The summed E-state index contributed by atoms with van der Waals surface area (Å²) in [5, 5.41) is 3.44. The van der Waals surface area contributed by atoms with Gasteiger partial charge < -0.3 is 10.2 Å². The molecule has 0 aromatic rings. The minimum atomic E-state index is 0.110. The summed E-state index contributed by atoms with van der Waals surface area (Å²) in [7, 11) is 0. The fraction of sp³-hybridized carbons (Fsp3) is 0.900. The minimum absolute atomic E-state index is 0.110. The number of carbonyl (C=O) groups excluding carboxylic acids is 1. The third kappa shape index (κ3) is 3.96. The largest absolute Gasteiger partial charge is 0.353 e. The van der Waals surface area contributed by atoms with E-state index in [2.05, 4.69) is 33.1 Å². The molecule has 0 aromatic carbocycles. The fourth-order valence-electron chi connectivity index (χ4n) is 1.88. The maximum atomic E-state index is 11.1. The van der Waals surface area contributed by atoms with Crippen LogP contribution in [-0.2, 0) is 4.79 Å². The van der Waals surface area contributed by atoms with E-state index in [0.717, 1.165) is 25.9 Å². The van der Waals surface area contributed by atoms with Gasteiger partial charge in [-0.15, -0.1) is 0 Å². The summed E-state index contributed by atoms with van der Waals surface area (Å²) >= 11 is 3.16. The zero-order chi connectivity index (χ0) is 10.4. The van der Waals surface area contributed by atoms with E-state index in [1.807, 2.05) is 0 Å². The lowest BCUT2D eigenvalue weighted by Crippen LogP contribution is -2.45. The maximum Gasteiger partial charge on any atom is 0.230 e. The van der Waals surface area contributed by atoms with Crippen LogP contribution in [0.3, 0.4) is 0 Å². The molecule has 1 fully saturated rings. The second-order valence-corrected chi connectivity index (χ2v) is 4.38. The quantitative estimate of drug-likeness (QED) is 0.777. The summed E-state index contributed by atoms with van der Waals surface area (Å²) < 4.78 is 0. The number of rotatable bonds is 4. The standard InChI is InChI=1S/C10H19BrN2O/c1-2-5-13-6-3-9(4-7-13)12-10(14)8-11/h9H,2-8H2,1H3,(H,12,14). The molecule has 0 radical (unpaired) electrons. The van der Waals surface area contributed by atoms with Crippen LogP contribution < -0.4 is 5.32 Å². The SMILES string of the molecule is CCCN1CCC(NC(=O)CBr)CC1. The van der Waals surface area contributed by atoms with Crippen LogP contribution >= 0.6 is 15.9 Å². The summed E-state index contributed by atoms with van der Waals surface area (Å²) in [6.45, 7) is 5.65. The third-order valence-electron chi connectivity index (χ3n) is 2.61. The number of hydrogen-bond acceptors (Lipinski definition) is 2. The number of hydrogen-bond donors (Lipinski definition) is 1. The van der Waals surface area contributed by atoms with Crippen LogP contribution in [0.4, 0.5) is 0 Å². The Balaban J connectivity index is 2.18. The van der Waals surface area contributed by atoms with E-state index >= 15 is 0 Å². The number of halogens is 1. The first-order chi connectivity index (χ1) is 6.76. The van der Waals surface area contributed by atoms with Crippen molar-refractivity contribution in [3.05, 3.63) is 0 Å². The molecule has 3 nitrogen and oxygen atoms in total. The van der Waals surface area contributed by atoms with Crippen LogP contribution in [0, 0.1) is 0 Å². The molecular weight excluding hydrogens is 244 g/mol. The van der Waals surface area contributed by atoms with Crippen molar-refractivity contribution in [2.24, 2.45) is 0 Å². The Morgan fingerprint density at radius 1 is 1.50 bits per heavy atom. The summed E-state index contributed by atoms with van der Waals surface area (Å²) in [6, 6.07) is 0.396. The van der Waals surface area contributed by atoms with Gasteiger partial charge in [-0.25, -0.2) is 0 Å². The Bertz CT molecular complexity index is 179. The molecule has 0 saturated carbocycles. The second-order valence-electron chi connectivity index (χ2n) is 3.82. The molecule has 0 aromatic heterocycles. The van der Waals surface area contributed by atoms with E-state index in [-0.39, 0.29) is 5.91 Å². The van der Waals surface area contributed by atoms with Crippen molar-refractivity contribution in [3.8, 4) is 0 Å². The Kier molecular flexibility index (Phi) is 5.48. The minimum Gasteiger partial charge on any atom is -0.353 e. The van der Waals surface area contributed by atoms with Gasteiger partial charge in [-0.3, -0.25) is 4.79 Å². The van der Waals surface area contributed by atoms with Crippen molar-refractivity contribution < 1.29 is 4.79 Å². The number of nitrogens with one attached hydrogen (secondary N) is 1. The zero-order valence-electron chi connectivity index (χ0n) is 8.76. The van der Waals surface area contributed by atoms with Crippen LogP contribution in [0.25, 0.3) is 0 Å². The average Bonchev–Trinajstić information content (AvgIpc) is 2.21. The van der Waals surface area contributed by atoms with Crippen molar-refractivity contribution in [3.63, 3.8) is 0 Å². The molecule has 0 spiro atoms. The lowest BCUT2D eigenvalue weighted by molar-refractivity contribution is -0.119. The summed E-state index contributed by atoms with van der Waals surface area (Å²) in [5.41, 5.74) is 0. The Morgan fingerprint density at radius 2 is 2.14 bits per heavy atom. The smallest absolute Gasteiger partial charge is 0.230 e. The molecule has 1 N–H and O–H groups in total.